The molecule has 1 saturated heterocycles. The Kier molecular flexibility index (Phi) is 15.2. The molecule has 256 valence electrons. The Labute approximate surface area is 283 Å². The first kappa shape index (κ1) is 37.0. The summed E-state index contributed by atoms with van der Waals surface area (Å²) in [6.07, 6.45) is 12.6. The molecular weight excluding hydrogens is 607 g/mol. The molecule has 3 aromatic rings. The minimum absolute atomic E-state index is 0.179. The summed E-state index contributed by atoms with van der Waals surface area (Å²) in [6.45, 7) is 7.35. The highest BCUT2D eigenvalue weighted by atomic mass is 32.2. The van der Waals surface area contributed by atoms with E-state index in [0.29, 0.717) is 30.4 Å². The highest BCUT2D eigenvalue weighted by Gasteiger charge is 2.55. The Morgan fingerprint density at radius 2 is 1.40 bits per heavy atom. The van der Waals surface area contributed by atoms with Crippen LogP contribution in [0.2, 0.25) is 0 Å². The molecule has 1 aliphatic heterocycles. The summed E-state index contributed by atoms with van der Waals surface area (Å²) in [7, 11) is -3.76. The van der Waals surface area contributed by atoms with Crippen LogP contribution in [-0.2, 0) is 32.7 Å². The normalized spacial score (nSPS) is 19.3. The lowest BCUT2D eigenvalue weighted by Crippen LogP contribution is -2.71. The molecule has 1 aliphatic rings. The van der Waals surface area contributed by atoms with Crippen molar-refractivity contribution in [2.75, 3.05) is 6.61 Å². The standard InChI is InChI=1S/C40H55NO5S/c1-32(2)28-36(42)22-16-8-6-4-5-7-9-17-23-38-40(46-30-35-20-14-11-15-21-35)39(31-45-29-34-18-12-10-13-19-34)41(38)47(43,44)37-26-24-33(3)25-27-37/h5,7,10-15,18-21,24-27,32,36,38-40,42H,4,6,8-9,16-17,22-23,28-31H2,1-3H3/b7-5+/t36-,38-,39-,40+/m0/s1. The van der Waals surface area contributed by atoms with Crippen LogP contribution in [0.4, 0.5) is 0 Å². The van der Waals surface area contributed by atoms with Crippen molar-refractivity contribution in [3.63, 3.8) is 0 Å². The lowest BCUT2D eigenvalue weighted by molar-refractivity contribution is -0.141. The largest absolute Gasteiger partial charge is 0.393 e. The number of hydrogen-bond donors (Lipinski definition) is 1. The number of hydrogen-bond acceptors (Lipinski definition) is 5. The van der Waals surface area contributed by atoms with Crippen molar-refractivity contribution in [3.05, 3.63) is 114 Å². The number of allylic oxidation sites excluding steroid dienone is 2. The van der Waals surface area contributed by atoms with Crippen LogP contribution in [0.15, 0.2) is 102 Å². The molecule has 47 heavy (non-hydrogen) atoms. The van der Waals surface area contributed by atoms with Gasteiger partial charge in [-0.3, -0.25) is 0 Å². The Balaban J connectivity index is 1.39. The predicted octanol–water partition coefficient (Wildman–Crippen LogP) is 8.62. The SMILES string of the molecule is Cc1ccc(S(=O)(=O)N2[C@@H](CCC/C=C/CCCCC[C@H](O)CC(C)C)[C@@H](OCc3ccccc3)[C@@H]2COCc2ccccc2)cc1. The van der Waals surface area contributed by atoms with Gasteiger partial charge in [-0.2, -0.15) is 4.31 Å². The predicted molar refractivity (Wildman–Crippen MR) is 190 cm³/mol. The quantitative estimate of drug-likeness (QED) is 0.0914. The average Bonchev–Trinajstić information content (AvgIpc) is 3.05. The van der Waals surface area contributed by atoms with E-state index in [1.165, 1.54) is 0 Å². The molecule has 6 nitrogen and oxygen atoms in total. The third kappa shape index (κ3) is 11.7. The summed E-state index contributed by atoms with van der Waals surface area (Å²) in [5.74, 6) is 0.534. The molecule has 4 rings (SSSR count). The Bertz CT molecular complexity index is 1430. The van der Waals surface area contributed by atoms with Gasteiger partial charge in [0.25, 0.3) is 0 Å². The summed E-state index contributed by atoms with van der Waals surface area (Å²) in [5, 5.41) is 10.1. The molecule has 7 heteroatoms. The molecule has 1 N–H and O–H groups in total. The fraction of sp³-hybridized carbons (Fsp3) is 0.500. The van der Waals surface area contributed by atoms with E-state index in [4.69, 9.17) is 9.47 Å². The summed E-state index contributed by atoms with van der Waals surface area (Å²) in [4.78, 5) is 0.305. The van der Waals surface area contributed by atoms with E-state index in [2.05, 4.69) is 26.0 Å². The van der Waals surface area contributed by atoms with Gasteiger partial charge >= 0.3 is 0 Å². The van der Waals surface area contributed by atoms with Crippen LogP contribution in [0.25, 0.3) is 0 Å². The molecule has 1 heterocycles. The van der Waals surface area contributed by atoms with Crippen LogP contribution >= 0.6 is 0 Å². The number of aryl methyl sites for hydroxylation is 1. The summed E-state index contributed by atoms with van der Waals surface area (Å²) in [5.41, 5.74) is 3.13. The van der Waals surface area contributed by atoms with Crippen LogP contribution in [0.1, 0.15) is 88.3 Å². The zero-order valence-electron chi connectivity index (χ0n) is 28.5. The van der Waals surface area contributed by atoms with Gasteiger partial charge in [0.1, 0.15) is 0 Å². The maximum absolute atomic E-state index is 14.1. The van der Waals surface area contributed by atoms with Gasteiger partial charge in [-0.25, -0.2) is 8.42 Å². The second kappa shape index (κ2) is 19.3. The van der Waals surface area contributed by atoms with Crippen molar-refractivity contribution in [1.29, 1.82) is 0 Å². The molecule has 0 bridgehead atoms. The number of aliphatic hydroxyl groups excluding tert-OH is 1. The lowest BCUT2D eigenvalue weighted by atomic mass is 9.89. The monoisotopic (exact) mass is 661 g/mol. The van der Waals surface area contributed by atoms with Crippen molar-refractivity contribution >= 4 is 10.0 Å². The molecule has 0 aliphatic carbocycles. The van der Waals surface area contributed by atoms with Gasteiger partial charge in [-0.1, -0.05) is 117 Å². The Hall–Kier alpha value is -2.81. The van der Waals surface area contributed by atoms with E-state index >= 15 is 0 Å². The van der Waals surface area contributed by atoms with Gasteiger partial charge in [-0.15, -0.1) is 0 Å². The summed E-state index contributed by atoms with van der Waals surface area (Å²) >= 11 is 0. The zero-order valence-corrected chi connectivity index (χ0v) is 29.4. The van der Waals surface area contributed by atoms with Crippen LogP contribution in [0, 0.1) is 12.8 Å². The fourth-order valence-corrected chi connectivity index (χ4v) is 8.20. The van der Waals surface area contributed by atoms with E-state index in [1.54, 1.807) is 16.4 Å². The lowest BCUT2D eigenvalue weighted by Gasteiger charge is -2.53. The van der Waals surface area contributed by atoms with Crippen LogP contribution < -0.4 is 0 Å². The number of aliphatic hydroxyl groups is 1. The van der Waals surface area contributed by atoms with E-state index in [0.717, 1.165) is 68.1 Å². The van der Waals surface area contributed by atoms with Gasteiger partial charge in [0.15, 0.2) is 0 Å². The molecule has 0 spiro atoms. The topological polar surface area (TPSA) is 76.1 Å². The first-order valence-corrected chi connectivity index (χ1v) is 18.9. The number of benzene rings is 3. The third-order valence-corrected chi connectivity index (χ3v) is 10.8. The van der Waals surface area contributed by atoms with Crippen LogP contribution in [-0.4, -0.2) is 48.7 Å². The molecule has 1 fully saturated rings. The van der Waals surface area contributed by atoms with Crippen molar-refractivity contribution < 1.29 is 23.0 Å². The van der Waals surface area contributed by atoms with E-state index < -0.39 is 16.1 Å². The molecule has 0 unspecified atom stereocenters. The maximum Gasteiger partial charge on any atom is 0.243 e. The fourth-order valence-electron chi connectivity index (χ4n) is 6.36. The van der Waals surface area contributed by atoms with E-state index in [9.17, 15) is 13.5 Å². The number of ether oxygens (including phenoxy) is 2. The minimum Gasteiger partial charge on any atom is -0.393 e. The Morgan fingerprint density at radius 3 is 2.04 bits per heavy atom. The number of nitrogens with zero attached hydrogens (tertiary/aromatic N) is 1. The zero-order chi connectivity index (χ0) is 33.5. The smallest absolute Gasteiger partial charge is 0.243 e. The van der Waals surface area contributed by atoms with Crippen molar-refractivity contribution in [3.8, 4) is 0 Å². The number of sulfonamides is 1. The molecular formula is C40H55NO5S. The first-order chi connectivity index (χ1) is 22.8. The Morgan fingerprint density at radius 1 is 0.787 bits per heavy atom. The third-order valence-electron chi connectivity index (χ3n) is 8.88. The van der Waals surface area contributed by atoms with Gasteiger partial charge in [0.05, 0.1) is 49.0 Å². The van der Waals surface area contributed by atoms with Crippen molar-refractivity contribution in [2.45, 2.75) is 121 Å². The number of unbranched alkanes of at least 4 members (excludes halogenated alkanes) is 4. The molecule has 3 aromatic carbocycles. The van der Waals surface area contributed by atoms with Gasteiger partial charge in [0.2, 0.25) is 10.0 Å². The summed E-state index contributed by atoms with van der Waals surface area (Å²) < 4.78 is 42.6. The molecule has 0 radical (unpaired) electrons. The maximum atomic E-state index is 14.1. The minimum atomic E-state index is -3.76. The summed E-state index contributed by atoms with van der Waals surface area (Å²) in [6, 6.07) is 26.4. The van der Waals surface area contributed by atoms with E-state index in [-0.39, 0.29) is 24.9 Å². The van der Waals surface area contributed by atoms with Crippen molar-refractivity contribution in [2.24, 2.45) is 5.92 Å². The highest BCUT2D eigenvalue weighted by molar-refractivity contribution is 7.89. The second-order valence-corrected chi connectivity index (χ2v) is 15.2. The van der Waals surface area contributed by atoms with Crippen molar-refractivity contribution in [1.82, 2.24) is 4.31 Å². The number of rotatable bonds is 21. The molecule has 0 saturated carbocycles. The van der Waals surface area contributed by atoms with Gasteiger partial charge < -0.3 is 14.6 Å². The second-order valence-electron chi connectivity index (χ2n) is 13.4. The van der Waals surface area contributed by atoms with Crippen LogP contribution in [0.3, 0.4) is 0 Å². The van der Waals surface area contributed by atoms with E-state index in [1.807, 2.05) is 79.7 Å². The van der Waals surface area contributed by atoms with Gasteiger partial charge in [0, 0.05) is 0 Å². The van der Waals surface area contributed by atoms with Crippen LogP contribution in [0.5, 0.6) is 0 Å². The molecule has 0 aromatic heterocycles. The molecule has 4 atom stereocenters. The first-order valence-electron chi connectivity index (χ1n) is 17.5. The average molecular weight is 662 g/mol. The van der Waals surface area contributed by atoms with Gasteiger partial charge in [-0.05, 0) is 81.0 Å². The molecule has 0 amide bonds. The highest BCUT2D eigenvalue weighted by Crippen LogP contribution is 2.39.